The van der Waals surface area contributed by atoms with Crippen LogP contribution in [0.5, 0.6) is 0 Å². The molecule has 174 valence electrons. The molecule has 2 aliphatic rings. The molecular formula is C24H29N5O4. The van der Waals surface area contributed by atoms with Crippen molar-refractivity contribution in [3.05, 3.63) is 52.1 Å². The van der Waals surface area contributed by atoms with Crippen molar-refractivity contribution in [1.29, 1.82) is 0 Å². The highest BCUT2D eigenvalue weighted by Crippen LogP contribution is 2.32. The van der Waals surface area contributed by atoms with E-state index in [1.165, 1.54) is 4.68 Å². The van der Waals surface area contributed by atoms with E-state index in [1.807, 2.05) is 51.1 Å². The molecule has 0 saturated carbocycles. The van der Waals surface area contributed by atoms with Gasteiger partial charge in [-0.15, -0.1) is 0 Å². The molecule has 9 heteroatoms. The van der Waals surface area contributed by atoms with Crippen molar-refractivity contribution >= 4 is 16.8 Å². The zero-order chi connectivity index (χ0) is 23.2. The summed E-state index contributed by atoms with van der Waals surface area (Å²) in [7, 11) is 0. The minimum Gasteiger partial charge on any atom is -0.347 e. The summed E-state index contributed by atoms with van der Waals surface area (Å²) in [5.41, 5.74) is 2.51. The Hall–Kier alpha value is -3.04. The number of nitrogens with zero attached hydrogens (tertiary/aromatic N) is 5. The molecule has 0 unspecified atom stereocenters. The van der Waals surface area contributed by atoms with Crippen LogP contribution < -0.4 is 5.56 Å². The van der Waals surface area contributed by atoms with E-state index < -0.39 is 11.8 Å². The zero-order valence-corrected chi connectivity index (χ0v) is 19.3. The minimum atomic E-state index is -0.667. The lowest BCUT2D eigenvalue weighted by atomic mass is 10.0. The highest BCUT2D eigenvalue weighted by molar-refractivity contribution is 5.84. The summed E-state index contributed by atoms with van der Waals surface area (Å²) < 4.78 is 14.7. The monoisotopic (exact) mass is 451 g/mol. The Labute approximate surface area is 191 Å². The number of para-hydroxylation sites is 1. The Morgan fingerprint density at radius 3 is 2.39 bits per heavy atom. The summed E-state index contributed by atoms with van der Waals surface area (Å²) in [6, 6.07) is 9.02. The summed E-state index contributed by atoms with van der Waals surface area (Å²) in [6.45, 7) is 7.89. The van der Waals surface area contributed by atoms with E-state index in [1.54, 1.807) is 9.58 Å². The Kier molecular flexibility index (Phi) is 5.54. The highest BCUT2D eigenvalue weighted by Gasteiger charge is 2.42. The minimum absolute atomic E-state index is 0.0909. The van der Waals surface area contributed by atoms with E-state index in [-0.39, 0.29) is 11.5 Å². The topological polar surface area (TPSA) is 91.5 Å². The fraction of sp³-hybridized carbons (Fsp3) is 0.500. The van der Waals surface area contributed by atoms with Crippen LogP contribution in [0, 0.1) is 13.8 Å². The first-order chi connectivity index (χ1) is 15.9. The van der Waals surface area contributed by atoms with Gasteiger partial charge < -0.3 is 14.4 Å². The molecule has 3 aromatic rings. The largest absolute Gasteiger partial charge is 0.347 e. The van der Waals surface area contributed by atoms with Crippen molar-refractivity contribution in [2.45, 2.75) is 51.9 Å². The molecule has 0 radical (unpaired) electrons. The van der Waals surface area contributed by atoms with E-state index in [0.717, 1.165) is 11.4 Å². The number of carbonyl (C=O) groups excluding carboxylic acids is 1. The summed E-state index contributed by atoms with van der Waals surface area (Å²) in [5.74, 6) is -0.640. The van der Waals surface area contributed by atoms with Crippen molar-refractivity contribution in [1.82, 2.24) is 24.5 Å². The number of piperidine rings is 1. The van der Waals surface area contributed by atoms with E-state index >= 15 is 0 Å². The van der Waals surface area contributed by atoms with Gasteiger partial charge in [-0.2, -0.15) is 10.2 Å². The number of aromatic nitrogens is 4. The number of benzene rings is 1. The van der Waals surface area contributed by atoms with Crippen LogP contribution in [0.3, 0.4) is 0 Å². The second-order valence-electron chi connectivity index (χ2n) is 8.75. The average molecular weight is 452 g/mol. The van der Waals surface area contributed by atoms with Crippen LogP contribution in [0.1, 0.15) is 43.6 Å². The predicted octanol–water partition coefficient (Wildman–Crippen LogP) is 2.52. The molecular weight excluding hydrogens is 422 g/mol. The number of ether oxygens (including phenoxy) is 2. The number of amides is 1. The standard InChI is InChI=1S/C24H29N5O4/c1-4-19(22(30)27-12-10-24(11-13-27)32-14-15-33-24)29-23(31)20-17(3)28(18-8-6-5-7-9-18)26-21(20)16(2)25-29/h5-9,19H,4,10-15H2,1-3H3/t19-/m1/s1. The normalized spacial score (nSPS) is 18.8. The van der Waals surface area contributed by atoms with Crippen molar-refractivity contribution in [3.8, 4) is 5.69 Å². The van der Waals surface area contributed by atoms with Crippen LogP contribution in [0.4, 0.5) is 0 Å². The van der Waals surface area contributed by atoms with Crippen LogP contribution in [0.15, 0.2) is 35.1 Å². The molecule has 5 rings (SSSR count). The maximum Gasteiger partial charge on any atom is 0.278 e. The molecule has 2 aliphatic heterocycles. The summed E-state index contributed by atoms with van der Waals surface area (Å²) >= 11 is 0. The second-order valence-corrected chi connectivity index (χ2v) is 8.75. The van der Waals surface area contributed by atoms with Crippen LogP contribution in [0.25, 0.3) is 16.6 Å². The highest BCUT2D eigenvalue weighted by atomic mass is 16.7. The lowest BCUT2D eigenvalue weighted by Gasteiger charge is -2.38. The molecule has 2 saturated heterocycles. The molecule has 0 bridgehead atoms. The van der Waals surface area contributed by atoms with E-state index in [4.69, 9.17) is 9.47 Å². The third-order valence-corrected chi connectivity index (χ3v) is 6.76. The molecule has 1 amide bonds. The summed E-state index contributed by atoms with van der Waals surface area (Å²) in [6.07, 6.45) is 1.74. The quantitative estimate of drug-likeness (QED) is 0.605. The van der Waals surface area contributed by atoms with E-state index in [9.17, 15) is 9.59 Å². The zero-order valence-electron chi connectivity index (χ0n) is 19.3. The first-order valence-corrected chi connectivity index (χ1v) is 11.5. The molecule has 9 nitrogen and oxygen atoms in total. The molecule has 1 aromatic carbocycles. The SMILES string of the molecule is CC[C@H](C(=O)N1CCC2(CC1)OCCO2)n1nc(C)c2nn(-c3ccccc3)c(C)c2c1=O. The van der Waals surface area contributed by atoms with Gasteiger partial charge in [-0.3, -0.25) is 9.59 Å². The van der Waals surface area contributed by atoms with Crippen LogP contribution in [0.2, 0.25) is 0 Å². The van der Waals surface area contributed by atoms with Crippen LogP contribution >= 0.6 is 0 Å². The number of hydrogen-bond acceptors (Lipinski definition) is 6. The third-order valence-electron chi connectivity index (χ3n) is 6.76. The van der Waals surface area contributed by atoms with Crippen LogP contribution in [-0.2, 0) is 14.3 Å². The number of hydrogen-bond donors (Lipinski definition) is 0. The molecule has 1 spiro atoms. The van der Waals surface area contributed by atoms with Gasteiger partial charge in [-0.05, 0) is 32.4 Å². The molecule has 0 N–H and O–H groups in total. The molecule has 0 aliphatic carbocycles. The maximum atomic E-state index is 13.6. The van der Waals surface area contributed by atoms with Gasteiger partial charge in [0.05, 0.1) is 35.7 Å². The Bertz CT molecular complexity index is 1230. The lowest BCUT2D eigenvalue weighted by Crippen LogP contribution is -2.50. The Morgan fingerprint density at radius 2 is 1.76 bits per heavy atom. The number of carbonyl (C=O) groups is 1. The smallest absolute Gasteiger partial charge is 0.278 e. The van der Waals surface area contributed by atoms with E-state index in [2.05, 4.69) is 10.2 Å². The van der Waals surface area contributed by atoms with Gasteiger partial charge in [0.25, 0.3) is 5.56 Å². The maximum absolute atomic E-state index is 13.6. The van der Waals surface area contributed by atoms with Gasteiger partial charge in [-0.25, -0.2) is 9.36 Å². The fourth-order valence-electron chi connectivity index (χ4n) is 4.93. The van der Waals surface area contributed by atoms with Crippen molar-refractivity contribution in [2.75, 3.05) is 26.3 Å². The number of fused-ring (bicyclic) bond motifs is 1. The van der Waals surface area contributed by atoms with Gasteiger partial charge >= 0.3 is 0 Å². The molecule has 4 heterocycles. The third kappa shape index (κ3) is 3.65. The Balaban J connectivity index is 1.49. The number of rotatable bonds is 4. The number of aryl methyl sites for hydroxylation is 2. The van der Waals surface area contributed by atoms with Crippen molar-refractivity contribution < 1.29 is 14.3 Å². The van der Waals surface area contributed by atoms with Crippen molar-refractivity contribution in [3.63, 3.8) is 0 Å². The van der Waals surface area contributed by atoms with Gasteiger partial charge in [-0.1, -0.05) is 25.1 Å². The average Bonchev–Trinajstić information content (AvgIpc) is 3.43. The van der Waals surface area contributed by atoms with Gasteiger partial charge in [0.15, 0.2) is 5.79 Å². The lowest BCUT2D eigenvalue weighted by molar-refractivity contribution is -0.188. The van der Waals surface area contributed by atoms with Gasteiger partial charge in [0, 0.05) is 25.9 Å². The van der Waals surface area contributed by atoms with E-state index in [0.29, 0.717) is 62.2 Å². The second kappa shape index (κ2) is 8.39. The van der Waals surface area contributed by atoms with Gasteiger partial charge in [0.2, 0.25) is 5.91 Å². The Morgan fingerprint density at radius 1 is 1.09 bits per heavy atom. The first kappa shape index (κ1) is 21.8. The molecule has 33 heavy (non-hydrogen) atoms. The molecule has 2 fully saturated rings. The van der Waals surface area contributed by atoms with Gasteiger partial charge in [0.1, 0.15) is 11.6 Å². The van der Waals surface area contributed by atoms with Crippen molar-refractivity contribution in [2.24, 2.45) is 0 Å². The first-order valence-electron chi connectivity index (χ1n) is 11.5. The molecule has 1 atom stereocenters. The van der Waals surface area contributed by atoms with Crippen LogP contribution in [-0.4, -0.2) is 62.5 Å². The predicted molar refractivity (Wildman–Crippen MR) is 122 cm³/mol. The number of likely N-dealkylation sites (tertiary alicyclic amines) is 1. The molecule has 2 aromatic heterocycles. The fourth-order valence-corrected chi connectivity index (χ4v) is 4.93. The summed E-state index contributed by atoms with van der Waals surface area (Å²) in [5, 5.41) is 9.70. The summed E-state index contributed by atoms with van der Waals surface area (Å²) in [4.78, 5) is 28.8.